The first kappa shape index (κ1) is 11.6. The molecule has 0 saturated heterocycles. The lowest BCUT2D eigenvalue weighted by atomic mass is 9.89. The number of aryl methyl sites for hydroxylation is 1. The number of hydrogen-bond donors (Lipinski definition) is 0. The molecule has 1 atom stereocenters. The zero-order valence-corrected chi connectivity index (χ0v) is 11.3. The molecule has 2 rings (SSSR count). The van der Waals surface area contributed by atoms with E-state index in [2.05, 4.69) is 15.9 Å². The summed E-state index contributed by atoms with van der Waals surface area (Å²) in [4.78, 5) is 12.0. The van der Waals surface area contributed by atoms with Crippen molar-refractivity contribution in [3.05, 3.63) is 27.7 Å². The van der Waals surface area contributed by atoms with Gasteiger partial charge in [0, 0.05) is 4.47 Å². The summed E-state index contributed by atoms with van der Waals surface area (Å²) in [6, 6.07) is 3.80. The van der Waals surface area contributed by atoms with Crippen molar-refractivity contribution in [2.45, 2.75) is 39.2 Å². The Kier molecular flexibility index (Phi) is 2.82. The van der Waals surface area contributed by atoms with Crippen molar-refractivity contribution in [1.29, 1.82) is 0 Å². The third kappa shape index (κ3) is 1.88. The van der Waals surface area contributed by atoms with Crippen molar-refractivity contribution in [2.24, 2.45) is 0 Å². The van der Waals surface area contributed by atoms with Gasteiger partial charge >= 0.3 is 0 Å². The third-order valence-electron chi connectivity index (χ3n) is 3.20. The molecule has 0 amide bonds. The average molecular weight is 283 g/mol. The van der Waals surface area contributed by atoms with Crippen molar-refractivity contribution in [3.63, 3.8) is 0 Å². The standard InChI is InChI=1S/C13H15BrO2/c1-4-13(3)7-11(15)9-5-8(2)10(14)6-12(9)16-13/h5-6H,4,7H2,1-3H3. The first-order valence-corrected chi connectivity index (χ1v) is 6.27. The lowest BCUT2D eigenvalue weighted by molar-refractivity contribution is 0.0498. The summed E-state index contributed by atoms with van der Waals surface area (Å²) in [6.07, 6.45) is 1.31. The molecular weight excluding hydrogens is 268 g/mol. The molecule has 0 saturated carbocycles. The predicted octanol–water partition coefficient (Wildman–Crippen LogP) is 3.89. The lowest BCUT2D eigenvalue weighted by Crippen LogP contribution is -2.38. The molecule has 0 bridgehead atoms. The molecule has 0 aromatic heterocycles. The molecule has 1 aliphatic rings. The van der Waals surface area contributed by atoms with Crippen LogP contribution in [0.15, 0.2) is 16.6 Å². The number of ether oxygens (including phenoxy) is 1. The summed E-state index contributed by atoms with van der Waals surface area (Å²) in [5.74, 6) is 0.888. The number of carbonyl (C=O) groups excluding carboxylic acids is 1. The number of ketones is 1. The van der Waals surface area contributed by atoms with Crippen LogP contribution in [0.2, 0.25) is 0 Å². The monoisotopic (exact) mass is 282 g/mol. The van der Waals surface area contributed by atoms with Crippen molar-refractivity contribution >= 4 is 21.7 Å². The van der Waals surface area contributed by atoms with Crippen LogP contribution in [0.4, 0.5) is 0 Å². The van der Waals surface area contributed by atoms with E-state index in [-0.39, 0.29) is 11.4 Å². The molecule has 0 aliphatic carbocycles. The number of hydrogen-bond acceptors (Lipinski definition) is 2. The molecule has 3 heteroatoms. The highest BCUT2D eigenvalue weighted by molar-refractivity contribution is 9.10. The van der Waals surface area contributed by atoms with Crippen molar-refractivity contribution in [1.82, 2.24) is 0 Å². The Morgan fingerprint density at radius 3 is 2.81 bits per heavy atom. The van der Waals surface area contributed by atoms with Crippen LogP contribution in [0.3, 0.4) is 0 Å². The van der Waals surface area contributed by atoms with Gasteiger partial charge in [0.1, 0.15) is 11.4 Å². The van der Waals surface area contributed by atoms with Crippen LogP contribution in [0.25, 0.3) is 0 Å². The van der Waals surface area contributed by atoms with Crippen molar-refractivity contribution < 1.29 is 9.53 Å². The minimum absolute atomic E-state index is 0.182. The van der Waals surface area contributed by atoms with Gasteiger partial charge < -0.3 is 4.74 Å². The number of carbonyl (C=O) groups is 1. The lowest BCUT2D eigenvalue weighted by Gasteiger charge is -2.34. The fourth-order valence-corrected chi connectivity index (χ4v) is 2.22. The van der Waals surface area contributed by atoms with E-state index >= 15 is 0 Å². The fraction of sp³-hybridized carbons (Fsp3) is 0.462. The van der Waals surface area contributed by atoms with Crippen LogP contribution in [-0.2, 0) is 0 Å². The normalized spacial score (nSPS) is 23.9. The Labute approximate surface area is 104 Å². The Morgan fingerprint density at radius 1 is 1.50 bits per heavy atom. The van der Waals surface area contributed by atoms with E-state index in [1.165, 1.54) is 0 Å². The second-order valence-electron chi connectivity index (χ2n) is 4.60. The van der Waals surface area contributed by atoms with Crippen LogP contribution in [0.1, 0.15) is 42.6 Å². The van der Waals surface area contributed by atoms with E-state index in [0.717, 1.165) is 16.5 Å². The van der Waals surface area contributed by atoms with E-state index in [1.54, 1.807) is 0 Å². The minimum Gasteiger partial charge on any atom is -0.486 e. The molecule has 86 valence electrons. The minimum atomic E-state index is -0.348. The van der Waals surface area contributed by atoms with Gasteiger partial charge in [-0.15, -0.1) is 0 Å². The molecular formula is C13H15BrO2. The van der Waals surface area contributed by atoms with Gasteiger partial charge in [-0.05, 0) is 38.0 Å². The highest BCUT2D eigenvalue weighted by atomic mass is 79.9. The second kappa shape index (κ2) is 3.88. The predicted molar refractivity (Wildman–Crippen MR) is 67.2 cm³/mol. The van der Waals surface area contributed by atoms with Gasteiger partial charge in [0.25, 0.3) is 0 Å². The van der Waals surface area contributed by atoms with Crippen LogP contribution < -0.4 is 4.74 Å². The van der Waals surface area contributed by atoms with Gasteiger partial charge in [-0.1, -0.05) is 22.9 Å². The van der Waals surface area contributed by atoms with Gasteiger partial charge in [0.15, 0.2) is 5.78 Å². The summed E-state index contributed by atoms with van der Waals surface area (Å²) in [7, 11) is 0. The molecule has 16 heavy (non-hydrogen) atoms. The Morgan fingerprint density at radius 2 is 2.19 bits per heavy atom. The van der Waals surface area contributed by atoms with Gasteiger partial charge in [0.2, 0.25) is 0 Å². The Bertz CT molecular complexity index is 453. The van der Waals surface area contributed by atoms with Gasteiger partial charge in [-0.3, -0.25) is 4.79 Å². The van der Waals surface area contributed by atoms with E-state index in [1.807, 2.05) is 32.9 Å². The van der Waals surface area contributed by atoms with E-state index in [4.69, 9.17) is 4.74 Å². The summed E-state index contributed by atoms with van der Waals surface area (Å²) < 4.78 is 6.91. The van der Waals surface area contributed by atoms with Crippen molar-refractivity contribution in [3.8, 4) is 5.75 Å². The van der Waals surface area contributed by atoms with Crippen LogP contribution in [-0.4, -0.2) is 11.4 Å². The van der Waals surface area contributed by atoms with Crippen molar-refractivity contribution in [2.75, 3.05) is 0 Å². The summed E-state index contributed by atoms with van der Waals surface area (Å²) >= 11 is 3.46. The summed E-state index contributed by atoms with van der Waals surface area (Å²) in [6.45, 7) is 6.01. The number of halogens is 1. The fourth-order valence-electron chi connectivity index (χ4n) is 1.90. The average Bonchev–Trinajstić information content (AvgIpc) is 2.21. The molecule has 0 fully saturated rings. The number of Topliss-reactive ketones (excluding diaryl/α,β-unsaturated/α-hetero) is 1. The van der Waals surface area contributed by atoms with E-state index in [0.29, 0.717) is 17.7 Å². The number of rotatable bonds is 1. The highest BCUT2D eigenvalue weighted by Crippen LogP contribution is 2.37. The topological polar surface area (TPSA) is 26.3 Å². The first-order chi connectivity index (χ1) is 7.45. The summed E-state index contributed by atoms with van der Waals surface area (Å²) in [5.41, 5.74) is 1.43. The number of fused-ring (bicyclic) bond motifs is 1. The molecule has 1 aromatic rings. The molecule has 2 nitrogen and oxygen atoms in total. The molecule has 0 spiro atoms. The SMILES string of the molecule is CCC1(C)CC(=O)c2cc(C)c(Br)cc2O1. The van der Waals surface area contributed by atoms with Crippen LogP contribution in [0.5, 0.6) is 5.75 Å². The van der Waals surface area contributed by atoms with Gasteiger partial charge in [-0.25, -0.2) is 0 Å². The smallest absolute Gasteiger partial charge is 0.170 e. The Balaban J connectivity index is 2.51. The molecule has 1 aliphatic heterocycles. The number of benzene rings is 1. The zero-order valence-electron chi connectivity index (χ0n) is 9.76. The quantitative estimate of drug-likeness (QED) is 0.781. The molecule has 0 N–H and O–H groups in total. The zero-order chi connectivity index (χ0) is 11.9. The highest BCUT2D eigenvalue weighted by Gasteiger charge is 2.35. The van der Waals surface area contributed by atoms with Gasteiger partial charge in [-0.2, -0.15) is 0 Å². The van der Waals surface area contributed by atoms with Crippen LogP contribution in [0, 0.1) is 6.92 Å². The van der Waals surface area contributed by atoms with Gasteiger partial charge in [0.05, 0.1) is 12.0 Å². The van der Waals surface area contributed by atoms with Crippen LogP contribution >= 0.6 is 15.9 Å². The largest absolute Gasteiger partial charge is 0.486 e. The molecule has 1 heterocycles. The Hall–Kier alpha value is -0.830. The molecule has 1 unspecified atom stereocenters. The third-order valence-corrected chi connectivity index (χ3v) is 4.05. The maximum Gasteiger partial charge on any atom is 0.170 e. The maximum atomic E-state index is 12.0. The molecule has 0 radical (unpaired) electrons. The van der Waals surface area contributed by atoms with E-state index in [9.17, 15) is 4.79 Å². The molecule has 1 aromatic carbocycles. The van der Waals surface area contributed by atoms with E-state index < -0.39 is 0 Å². The first-order valence-electron chi connectivity index (χ1n) is 5.47. The second-order valence-corrected chi connectivity index (χ2v) is 5.46. The summed E-state index contributed by atoms with van der Waals surface area (Å²) in [5, 5.41) is 0. The maximum absolute atomic E-state index is 12.0.